The number of carbonyl (C=O) groups is 1. The van der Waals surface area contributed by atoms with Crippen molar-refractivity contribution in [2.24, 2.45) is 0 Å². The SMILES string of the molecule is CC(C)(C)OC(=O)N1CCN(c2ccc(Br)cc2F)CC1. The predicted molar refractivity (Wildman–Crippen MR) is 84.1 cm³/mol. The number of hydrogen-bond acceptors (Lipinski definition) is 3. The van der Waals surface area contributed by atoms with Crippen molar-refractivity contribution in [3.8, 4) is 0 Å². The number of ether oxygens (including phenoxy) is 1. The van der Waals surface area contributed by atoms with Gasteiger partial charge >= 0.3 is 6.09 Å². The third-order valence-corrected chi connectivity index (χ3v) is 3.68. The van der Waals surface area contributed by atoms with Gasteiger partial charge in [0.1, 0.15) is 11.4 Å². The van der Waals surface area contributed by atoms with Crippen LogP contribution < -0.4 is 4.90 Å². The van der Waals surface area contributed by atoms with Crippen LogP contribution >= 0.6 is 15.9 Å². The van der Waals surface area contributed by atoms with E-state index in [1.54, 1.807) is 11.0 Å². The molecule has 1 saturated heterocycles. The molecule has 0 spiro atoms. The molecule has 1 aromatic carbocycles. The van der Waals surface area contributed by atoms with E-state index < -0.39 is 5.60 Å². The highest BCUT2D eigenvalue weighted by Crippen LogP contribution is 2.24. The first-order valence-corrected chi connectivity index (χ1v) is 7.73. The molecule has 1 aromatic rings. The van der Waals surface area contributed by atoms with Crippen LogP contribution in [-0.4, -0.2) is 42.8 Å². The highest BCUT2D eigenvalue weighted by molar-refractivity contribution is 9.10. The number of piperazine rings is 1. The Balaban J connectivity index is 1.95. The van der Waals surface area contributed by atoms with Gasteiger partial charge in [-0.15, -0.1) is 0 Å². The van der Waals surface area contributed by atoms with E-state index in [2.05, 4.69) is 15.9 Å². The molecule has 1 heterocycles. The number of rotatable bonds is 1. The van der Waals surface area contributed by atoms with E-state index in [9.17, 15) is 9.18 Å². The van der Waals surface area contributed by atoms with E-state index in [0.717, 1.165) is 4.47 Å². The van der Waals surface area contributed by atoms with E-state index in [1.807, 2.05) is 31.7 Å². The summed E-state index contributed by atoms with van der Waals surface area (Å²) in [5, 5.41) is 0. The number of carbonyl (C=O) groups excluding carboxylic acids is 1. The van der Waals surface area contributed by atoms with E-state index in [0.29, 0.717) is 31.9 Å². The minimum atomic E-state index is -0.494. The summed E-state index contributed by atoms with van der Waals surface area (Å²) in [5.41, 5.74) is 0.0773. The molecule has 0 unspecified atom stereocenters. The maximum atomic E-state index is 13.9. The van der Waals surface area contributed by atoms with Gasteiger partial charge in [0.15, 0.2) is 0 Å². The molecule has 0 N–H and O–H groups in total. The van der Waals surface area contributed by atoms with Gasteiger partial charge in [-0.3, -0.25) is 0 Å². The van der Waals surface area contributed by atoms with Crippen molar-refractivity contribution >= 4 is 27.7 Å². The van der Waals surface area contributed by atoms with Gasteiger partial charge in [0.25, 0.3) is 0 Å². The van der Waals surface area contributed by atoms with E-state index in [1.165, 1.54) is 6.07 Å². The average Bonchev–Trinajstić information content (AvgIpc) is 2.37. The van der Waals surface area contributed by atoms with E-state index in [4.69, 9.17) is 4.74 Å². The summed E-state index contributed by atoms with van der Waals surface area (Å²) < 4.78 is 20.0. The molecule has 1 amide bonds. The summed E-state index contributed by atoms with van der Waals surface area (Å²) in [4.78, 5) is 15.6. The molecule has 0 radical (unpaired) electrons. The van der Waals surface area contributed by atoms with Crippen LogP contribution in [0, 0.1) is 5.82 Å². The highest BCUT2D eigenvalue weighted by Gasteiger charge is 2.26. The Morgan fingerprint density at radius 3 is 2.38 bits per heavy atom. The van der Waals surface area contributed by atoms with Gasteiger partial charge < -0.3 is 14.5 Å². The standard InChI is InChI=1S/C15H20BrFN2O2/c1-15(2,3)21-14(20)19-8-6-18(7-9-19)13-5-4-11(16)10-12(13)17/h4-5,10H,6-9H2,1-3H3. The molecule has 4 nitrogen and oxygen atoms in total. The second-order valence-corrected chi connectivity index (χ2v) is 6.97. The molecule has 2 rings (SSSR count). The summed E-state index contributed by atoms with van der Waals surface area (Å²) in [5.74, 6) is -0.255. The normalized spacial score (nSPS) is 16.0. The van der Waals surface area contributed by atoms with Crippen LogP contribution in [0.3, 0.4) is 0 Å². The number of benzene rings is 1. The van der Waals surface area contributed by atoms with Gasteiger partial charge in [-0.25, -0.2) is 9.18 Å². The topological polar surface area (TPSA) is 32.8 Å². The molecule has 1 aliphatic rings. The van der Waals surface area contributed by atoms with Crippen LogP contribution in [0.2, 0.25) is 0 Å². The average molecular weight is 359 g/mol. The van der Waals surface area contributed by atoms with Crippen LogP contribution in [0.4, 0.5) is 14.9 Å². The largest absolute Gasteiger partial charge is 0.444 e. The fraction of sp³-hybridized carbons (Fsp3) is 0.533. The Labute approximate surface area is 133 Å². The summed E-state index contributed by atoms with van der Waals surface area (Å²) >= 11 is 3.25. The van der Waals surface area contributed by atoms with Crippen molar-refractivity contribution in [2.75, 3.05) is 31.1 Å². The summed E-state index contributed by atoms with van der Waals surface area (Å²) in [6, 6.07) is 5.02. The van der Waals surface area contributed by atoms with Gasteiger partial charge in [0.05, 0.1) is 5.69 Å². The fourth-order valence-corrected chi connectivity index (χ4v) is 2.53. The molecular weight excluding hydrogens is 339 g/mol. The molecule has 116 valence electrons. The van der Waals surface area contributed by atoms with Crippen molar-refractivity contribution in [1.82, 2.24) is 4.90 Å². The van der Waals surface area contributed by atoms with E-state index in [-0.39, 0.29) is 11.9 Å². The summed E-state index contributed by atoms with van der Waals surface area (Å²) in [6.45, 7) is 7.79. The Morgan fingerprint density at radius 2 is 1.86 bits per heavy atom. The molecule has 1 aliphatic heterocycles. The van der Waals surface area contributed by atoms with Crippen molar-refractivity contribution in [2.45, 2.75) is 26.4 Å². The monoisotopic (exact) mass is 358 g/mol. The zero-order valence-corrected chi connectivity index (χ0v) is 14.1. The molecule has 0 aliphatic carbocycles. The van der Waals surface area contributed by atoms with Crippen LogP contribution in [0.5, 0.6) is 0 Å². The Hall–Kier alpha value is -1.30. The zero-order chi connectivity index (χ0) is 15.6. The summed E-state index contributed by atoms with van der Waals surface area (Å²) in [6.07, 6.45) is -0.307. The number of nitrogens with zero attached hydrogens (tertiary/aromatic N) is 2. The molecule has 0 atom stereocenters. The second kappa shape index (κ2) is 6.22. The Kier molecular flexibility index (Phi) is 4.76. The number of hydrogen-bond donors (Lipinski definition) is 0. The van der Waals surface area contributed by atoms with Crippen LogP contribution in [0.15, 0.2) is 22.7 Å². The number of anilines is 1. The molecule has 6 heteroatoms. The smallest absolute Gasteiger partial charge is 0.410 e. The maximum Gasteiger partial charge on any atom is 0.410 e. The third kappa shape index (κ3) is 4.33. The lowest BCUT2D eigenvalue weighted by Gasteiger charge is -2.36. The first-order valence-electron chi connectivity index (χ1n) is 6.94. The molecular formula is C15H20BrFN2O2. The van der Waals surface area contributed by atoms with Gasteiger partial charge in [-0.05, 0) is 39.0 Å². The first-order chi connectivity index (χ1) is 9.76. The van der Waals surface area contributed by atoms with Crippen molar-refractivity contribution in [3.63, 3.8) is 0 Å². The minimum Gasteiger partial charge on any atom is -0.444 e. The van der Waals surface area contributed by atoms with E-state index >= 15 is 0 Å². The first kappa shape index (κ1) is 16.1. The molecule has 0 bridgehead atoms. The maximum absolute atomic E-state index is 13.9. The van der Waals surface area contributed by atoms with Crippen molar-refractivity contribution < 1.29 is 13.9 Å². The summed E-state index contributed by atoms with van der Waals surface area (Å²) in [7, 11) is 0. The quantitative estimate of drug-likeness (QED) is 0.768. The molecule has 21 heavy (non-hydrogen) atoms. The van der Waals surface area contributed by atoms with Gasteiger partial charge in [-0.1, -0.05) is 15.9 Å². The predicted octanol–water partition coefficient (Wildman–Crippen LogP) is 3.65. The van der Waals surface area contributed by atoms with Crippen LogP contribution in [0.25, 0.3) is 0 Å². The van der Waals surface area contributed by atoms with Crippen LogP contribution in [0.1, 0.15) is 20.8 Å². The second-order valence-electron chi connectivity index (χ2n) is 6.05. The lowest BCUT2D eigenvalue weighted by Crippen LogP contribution is -2.50. The number of amides is 1. The minimum absolute atomic E-state index is 0.255. The highest BCUT2D eigenvalue weighted by atomic mass is 79.9. The lowest BCUT2D eigenvalue weighted by molar-refractivity contribution is 0.0240. The molecule has 0 aromatic heterocycles. The zero-order valence-electron chi connectivity index (χ0n) is 12.5. The third-order valence-electron chi connectivity index (χ3n) is 3.18. The Bertz CT molecular complexity index is 523. The lowest BCUT2D eigenvalue weighted by atomic mass is 10.2. The fourth-order valence-electron chi connectivity index (χ4n) is 2.19. The number of halogens is 2. The van der Waals surface area contributed by atoms with Crippen LogP contribution in [-0.2, 0) is 4.74 Å². The van der Waals surface area contributed by atoms with Gasteiger partial charge in [-0.2, -0.15) is 0 Å². The van der Waals surface area contributed by atoms with Crippen molar-refractivity contribution in [1.29, 1.82) is 0 Å². The molecule has 0 saturated carbocycles. The van der Waals surface area contributed by atoms with Crippen molar-refractivity contribution in [3.05, 3.63) is 28.5 Å². The molecule has 1 fully saturated rings. The Morgan fingerprint density at radius 1 is 1.24 bits per heavy atom. The van der Waals surface area contributed by atoms with Gasteiger partial charge in [0, 0.05) is 30.7 Å². The van der Waals surface area contributed by atoms with Gasteiger partial charge in [0.2, 0.25) is 0 Å².